The van der Waals surface area contributed by atoms with Gasteiger partial charge in [-0.3, -0.25) is 14.5 Å². The van der Waals surface area contributed by atoms with Gasteiger partial charge in [-0.15, -0.1) is 11.3 Å². The van der Waals surface area contributed by atoms with Gasteiger partial charge in [-0.25, -0.2) is 8.78 Å². The minimum atomic E-state index is -0.958. The maximum atomic E-state index is 13.7. The van der Waals surface area contributed by atoms with Crippen LogP contribution < -0.4 is 10.6 Å². The molecule has 3 rings (SSSR count). The van der Waals surface area contributed by atoms with Crippen molar-refractivity contribution < 1.29 is 18.4 Å². The second-order valence-corrected chi connectivity index (χ2v) is 8.34. The molecule has 1 atom stereocenters. The highest BCUT2D eigenvalue weighted by molar-refractivity contribution is 7.10. The molecule has 1 aliphatic rings. The largest absolute Gasteiger partial charge is 0.353 e. The highest BCUT2D eigenvalue weighted by Crippen LogP contribution is 2.29. The van der Waals surface area contributed by atoms with Crippen LogP contribution in [0.2, 0.25) is 0 Å². The van der Waals surface area contributed by atoms with Gasteiger partial charge in [-0.1, -0.05) is 13.0 Å². The van der Waals surface area contributed by atoms with Crippen LogP contribution in [0.5, 0.6) is 0 Å². The zero-order valence-electron chi connectivity index (χ0n) is 16.3. The molecule has 2 aromatic rings. The zero-order valence-corrected chi connectivity index (χ0v) is 17.1. The van der Waals surface area contributed by atoms with Crippen molar-refractivity contribution in [2.24, 2.45) is 5.92 Å². The van der Waals surface area contributed by atoms with E-state index in [0.717, 1.165) is 38.1 Å². The SMILES string of the molecule is CC1CCN(C(CNC(=O)CNC(=O)c2ccc(F)cc2F)c2cccs2)CC1. The standard InChI is InChI=1S/C21H25F2N3O2S/c1-14-6-8-26(9-7-14)18(19-3-2-10-29-19)12-24-20(27)13-25-21(28)16-5-4-15(22)11-17(16)23/h2-5,10-11,14,18H,6-9,12-13H2,1H3,(H,24,27)(H,25,28). The monoisotopic (exact) mass is 421 g/mol. The number of benzene rings is 1. The molecule has 1 aliphatic heterocycles. The lowest BCUT2D eigenvalue weighted by molar-refractivity contribution is -0.120. The van der Waals surface area contributed by atoms with E-state index in [4.69, 9.17) is 0 Å². The molecule has 0 spiro atoms. The van der Waals surface area contributed by atoms with Gasteiger partial charge in [-0.2, -0.15) is 0 Å². The van der Waals surface area contributed by atoms with Crippen LogP contribution in [-0.2, 0) is 4.79 Å². The van der Waals surface area contributed by atoms with Crippen molar-refractivity contribution in [2.75, 3.05) is 26.2 Å². The Bertz CT molecular complexity index is 836. The molecule has 1 unspecified atom stereocenters. The van der Waals surface area contributed by atoms with Crippen molar-refractivity contribution in [1.82, 2.24) is 15.5 Å². The summed E-state index contributed by atoms with van der Waals surface area (Å²) < 4.78 is 26.6. The van der Waals surface area contributed by atoms with E-state index in [0.29, 0.717) is 18.5 Å². The van der Waals surface area contributed by atoms with Crippen LogP contribution in [0.15, 0.2) is 35.7 Å². The average Bonchev–Trinajstić information content (AvgIpc) is 3.22. The molecule has 1 aromatic carbocycles. The van der Waals surface area contributed by atoms with E-state index in [1.165, 1.54) is 4.88 Å². The number of halogens is 2. The van der Waals surface area contributed by atoms with E-state index < -0.39 is 17.5 Å². The summed E-state index contributed by atoms with van der Waals surface area (Å²) in [6.07, 6.45) is 2.27. The normalized spacial score (nSPS) is 16.4. The molecular weight excluding hydrogens is 396 g/mol. The molecule has 2 amide bonds. The molecule has 2 heterocycles. The number of likely N-dealkylation sites (tertiary alicyclic amines) is 1. The third-order valence-corrected chi connectivity index (χ3v) is 6.18. The molecule has 1 fully saturated rings. The number of piperidine rings is 1. The number of amides is 2. The van der Waals surface area contributed by atoms with E-state index in [2.05, 4.69) is 28.5 Å². The summed E-state index contributed by atoms with van der Waals surface area (Å²) in [6, 6.07) is 6.86. The van der Waals surface area contributed by atoms with Gasteiger partial charge in [0.05, 0.1) is 18.2 Å². The van der Waals surface area contributed by atoms with Gasteiger partial charge >= 0.3 is 0 Å². The van der Waals surface area contributed by atoms with E-state index in [-0.39, 0.29) is 24.1 Å². The minimum absolute atomic E-state index is 0.0942. The fourth-order valence-corrected chi connectivity index (χ4v) is 4.29. The van der Waals surface area contributed by atoms with E-state index in [1.54, 1.807) is 11.3 Å². The predicted octanol–water partition coefficient (Wildman–Crippen LogP) is 3.35. The maximum absolute atomic E-state index is 13.7. The number of hydrogen-bond acceptors (Lipinski definition) is 4. The molecule has 1 saturated heterocycles. The molecule has 1 aromatic heterocycles. The highest BCUT2D eigenvalue weighted by atomic mass is 32.1. The van der Waals surface area contributed by atoms with Gasteiger partial charge < -0.3 is 10.6 Å². The first kappa shape index (κ1) is 21.4. The van der Waals surface area contributed by atoms with Gasteiger partial charge in [0.1, 0.15) is 11.6 Å². The van der Waals surface area contributed by atoms with Crippen molar-refractivity contribution in [3.63, 3.8) is 0 Å². The second kappa shape index (κ2) is 9.93. The zero-order chi connectivity index (χ0) is 20.8. The van der Waals surface area contributed by atoms with Crippen LogP contribution in [0.25, 0.3) is 0 Å². The molecule has 0 radical (unpaired) electrons. The second-order valence-electron chi connectivity index (χ2n) is 7.36. The molecular formula is C21H25F2N3O2S. The summed E-state index contributed by atoms with van der Waals surface area (Å²) in [5, 5.41) is 7.27. The van der Waals surface area contributed by atoms with Crippen LogP contribution in [0, 0.1) is 17.6 Å². The van der Waals surface area contributed by atoms with Crippen molar-refractivity contribution in [2.45, 2.75) is 25.8 Å². The van der Waals surface area contributed by atoms with E-state index >= 15 is 0 Å². The summed E-state index contributed by atoms with van der Waals surface area (Å²) in [5.41, 5.74) is -0.293. The quantitative estimate of drug-likeness (QED) is 0.721. The molecule has 0 aliphatic carbocycles. The maximum Gasteiger partial charge on any atom is 0.254 e. The lowest BCUT2D eigenvalue weighted by Gasteiger charge is -2.36. The fraction of sp³-hybridized carbons (Fsp3) is 0.429. The third-order valence-electron chi connectivity index (χ3n) is 5.21. The summed E-state index contributed by atoms with van der Waals surface area (Å²) in [5.74, 6) is -2.11. The van der Waals surface area contributed by atoms with Crippen molar-refractivity contribution in [3.8, 4) is 0 Å². The first-order chi connectivity index (χ1) is 13.9. The van der Waals surface area contributed by atoms with Crippen LogP contribution in [-0.4, -0.2) is 42.9 Å². The average molecular weight is 422 g/mol. The number of thiophene rings is 1. The van der Waals surface area contributed by atoms with Crippen molar-refractivity contribution in [3.05, 3.63) is 57.8 Å². The summed E-state index contributed by atoms with van der Waals surface area (Å²) in [6.45, 7) is 4.39. The number of carbonyl (C=O) groups is 2. The first-order valence-corrected chi connectivity index (χ1v) is 10.6. The number of carbonyl (C=O) groups excluding carboxylic acids is 2. The fourth-order valence-electron chi connectivity index (χ4n) is 3.43. The number of rotatable bonds is 7. The van der Waals surface area contributed by atoms with Crippen LogP contribution in [0.3, 0.4) is 0 Å². The topological polar surface area (TPSA) is 61.4 Å². The van der Waals surface area contributed by atoms with E-state index in [1.807, 2.05) is 11.4 Å². The Labute approximate surface area is 173 Å². The smallest absolute Gasteiger partial charge is 0.254 e. The summed E-state index contributed by atoms with van der Waals surface area (Å²) in [7, 11) is 0. The first-order valence-electron chi connectivity index (χ1n) is 9.71. The highest BCUT2D eigenvalue weighted by Gasteiger charge is 2.25. The number of nitrogens with one attached hydrogen (secondary N) is 2. The van der Waals surface area contributed by atoms with Gasteiger partial charge in [-0.05, 0) is 55.4 Å². The molecule has 0 saturated carbocycles. The van der Waals surface area contributed by atoms with Crippen molar-refractivity contribution >= 4 is 23.2 Å². The predicted molar refractivity (Wildman–Crippen MR) is 109 cm³/mol. The van der Waals surface area contributed by atoms with Gasteiger partial charge in [0.2, 0.25) is 5.91 Å². The molecule has 156 valence electrons. The van der Waals surface area contributed by atoms with Gasteiger partial charge in [0.15, 0.2) is 0 Å². The van der Waals surface area contributed by atoms with E-state index in [9.17, 15) is 18.4 Å². The van der Waals surface area contributed by atoms with Gasteiger partial charge in [0, 0.05) is 17.5 Å². The Morgan fingerprint density at radius 3 is 2.62 bits per heavy atom. The molecule has 5 nitrogen and oxygen atoms in total. The Hall–Kier alpha value is -2.32. The number of hydrogen-bond donors (Lipinski definition) is 2. The Morgan fingerprint density at radius 2 is 1.97 bits per heavy atom. The minimum Gasteiger partial charge on any atom is -0.353 e. The van der Waals surface area contributed by atoms with Crippen LogP contribution in [0.1, 0.15) is 41.0 Å². The molecule has 8 heteroatoms. The molecule has 2 N–H and O–H groups in total. The third kappa shape index (κ3) is 5.83. The summed E-state index contributed by atoms with van der Waals surface area (Å²) in [4.78, 5) is 27.8. The number of nitrogens with zero attached hydrogens (tertiary/aromatic N) is 1. The van der Waals surface area contributed by atoms with Gasteiger partial charge in [0.25, 0.3) is 5.91 Å². The summed E-state index contributed by atoms with van der Waals surface area (Å²) >= 11 is 1.66. The molecule has 29 heavy (non-hydrogen) atoms. The van der Waals surface area contributed by atoms with Crippen LogP contribution >= 0.6 is 11.3 Å². The Morgan fingerprint density at radius 1 is 1.21 bits per heavy atom. The molecule has 0 bridgehead atoms. The lowest BCUT2D eigenvalue weighted by Crippen LogP contribution is -2.44. The van der Waals surface area contributed by atoms with Crippen molar-refractivity contribution in [1.29, 1.82) is 0 Å². The Kier molecular flexibility index (Phi) is 7.33. The Balaban J connectivity index is 1.52. The van der Waals surface area contributed by atoms with Crippen LogP contribution in [0.4, 0.5) is 8.78 Å². The lowest BCUT2D eigenvalue weighted by atomic mass is 9.97.